The Morgan fingerprint density at radius 2 is 2.50 bits per heavy atom. The number of rotatable bonds is 2. The number of hydrogen-bond acceptors (Lipinski definition) is 5. The molecular formula is C5H5N3OS. The average Bonchev–Trinajstić information content (AvgIpc) is 2.31. The van der Waals surface area contributed by atoms with Gasteiger partial charge in [0.2, 0.25) is 5.13 Å². The summed E-state index contributed by atoms with van der Waals surface area (Å²) in [6.07, 6.45) is 4.93. The minimum atomic E-state index is 0.203. The van der Waals surface area contributed by atoms with Crippen LogP contribution in [-0.2, 0) is 0 Å². The molecule has 0 aliphatic rings. The fourth-order valence-corrected chi connectivity index (χ4v) is 0.842. The van der Waals surface area contributed by atoms with Gasteiger partial charge in [-0.2, -0.15) is 0 Å². The zero-order valence-electron chi connectivity index (χ0n) is 5.07. The van der Waals surface area contributed by atoms with Gasteiger partial charge in [0.1, 0.15) is 0 Å². The highest BCUT2D eigenvalue weighted by molar-refractivity contribution is 7.16. The van der Waals surface area contributed by atoms with Gasteiger partial charge in [-0.15, -0.1) is 11.5 Å². The minimum absolute atomic E-state index is 0.203. The van der Waals surface area contributed by atoms with Crippen LogP contribution >= 0.6 is 11.3 Å². The van der Waals surface area contributed by atoms with Gasteiger partial charge in [-0.3, -0.25) is 0 Å². The average molecular weight is 155 g/mol. The first-order chi connectivity index (χ1) is 4.83. The molecule has 52 valence electrons. The number of anilines is 1. The molecule has 10 heavy (non-hydrogen) atoms. The van der Waals surface area contributed by atoms with Crippen molar-refractivity contribution in [2.75, 3.05) is 12.3 Å². The fraction of sp³-hybridized carbons (Fsp3) is 0.200. The van der Waals surface area contributed by atoms with Crippen molar-refractivity contribution in [3.63, 3.8) is 0 Å². The maximum atomic E-state index is 5.26. The molecule has 1 aromatic rings. The summed E-state index contributed by atoms with van der Waals surface area (Å²) in [5.41, 5.74) is 5.26. The molecule has 0 radical (unpaired) electrons. The summed E-state index contributed by atoms with van der Waals surface area (Å²) in [6, 6.07) is 0. The van der Waals surface area contributed by atoms with Crippen LogP contribution in [0.1, 0.15) is 0 Å². The molecule has 5 heteroatoms. The van der Waals surface area contributed by atoms with E-state index in [1.54, 1.807) is 0 Å². The van der Waals surface area contributed by atoms with Crippen molar-refractivity contribution in [1.29, 1.82) is 0 Å². The Balaban J connectivity index is 2.52. The molecule has 2 N–H and O–H groups in total. The van der Waals surface area contributed by atoms with Gasteiger partial charge in [0.25, 0.3) is 5.19 Å². The van der Waals surface area contributed by atoms with Crippen LogP contribution < -0.4 is 10.5 Å². The van der Waals surface area contributed by atoms with Gasteiger partial charge in [-0.25, -0.2) is 0 Å². The van der Waals surface area contributed by atoms with E-state index in [-0.39, 0.29) is 6.61 Å². The summed E-state index contributed by atoms with van der Waals surface area (Å²) >= 11 is 1.17. The lowest BCUT2D eigenvalue weighted by atomic mass is 10.8. The van der Waals surface area contributed by atoms with E-state index in [4.69, 9.17) is 16.9 Å². The zero-order chi connectivity index (χ0) is 7.40. The largest absolute Gasteiger partial charge is 0.456 e. The quantitative estimate of drug-likeness (QED) is 0.617. The molecule has 0 bridgehead atoms. The van der Waals surface area contributed by atoms with Gasteiger partial charge in [0.05, 0.1) is 0 Å². The topological polar surface area (TPSA) is 61.0 Å². The maximum Gasteiger partial charge on any atom is 0.296 e. The second-order valence-electron chi connectivity index (χ2n) is 1.40. The fourth-order valence-electron chi connectivity index (χ4n) is 0.382. The second-order valence-corrected chi connectivity index (χ2v) is 2.37. The van der Waals surface area contributed by atoms with Crippen LogP contribution in [0.15, 0.2) is 0 Å². The Hall–Kier alpha value is -1.28. The molecule has 0 amide bonds. The minimum Gasteiger partial charge on any atom is -0.456 e. The molecule has 0 atom stereocenters. The lowest BCUT2D eigenvalue weighted by Crippen LogP contribution is -1.91. The normalized spacial score (nSPS) is 8.70. The van der Waals surface area contributed by atoms with E-state index < -0.39 is 0 Å². The van der Waals surface area contributed by atoms with E-state index in [9.17, 15) is 0 Å². The van der Waals surface area contributed by atoms with Crippen molar-refractivity contribution in [3.8, 4) is 17.5 Å². The van der Waals surface area contributed by atoms with E-state index in [1.165, 1.54) is 11.3 Å². The van der Waals surface area contributed by atoms with Crippen LogP contribution in [0.4, 0.5) is 5.13 Å². The predicted molar refractivity (Wildman–Crippen MR) is 38.6 cm³/mol. The summed E-state index contributed by atoms with van der Waals surface area (Å²) in [6.45, 7) is 0.203. The lowest BCUT2D eigenvalue weighted by Gasteiger charge is -1.90. The van der Waals surface area contributed by atoms with Crippen molar-refractivity contribution < 1.29 is 4.74 Å². The first kappa shape index (κ1) is 6.83. The molecule has 0 aromatic carbocycles. The van der Waals surface area contributed by atoms with Gasteiger partial charge in [0.15, 0.2) is 6.61 Å². The van der Waals surface area contributed by atoms with Gasteiger partial charge in [-0.05, 0) is 11.3 Å². The predicted octanol–water partition coefficient (Wildman–Crippen LogP) is 0.132. The second kappa shape index (κ2) is 3.03. The van der Waals surface area contributed by atoms with E-state index in [1.807, 2.05) is 0 Å². The first-order valence-corrected chi connectivity index (χ1v) is 3.30. The highest BCUT2D eigenvalue weighted by Gasteiger charge is 1.98. The standard InChI is InChI=1S/C5H5N3OS/c1-2-3-9-5-8-7-4(6)10-5/h1H,3H2,(H2,6,7). The van der Waals surface area contributed by atoms with Gasteiger partial charge in [-0.1, -0.05) is 11.0 Å². The Kier molecular flexibility index (Phi) is 2.07. The van der Waals surface area contributed by atoms with Crippen LogP contribution in [0.25, 0.3) is 0 Å². The van der Waals surface area contributed by atoms with Crippen molar-refractivity contribution >= 4 is 16.5 Å². The monoisotopic (exact) mass is 155 g/mol. The maximum absolute atomic E-state index is 5.26. The number of nitrogens with two attached hydrogens (primary N) is 1. The van der Waals surface area contributed by atoms with Crippen LogP contribution in [0, 0.1) is 12.3 Å². The third-order valence-electron chi connectivity index (χ3n) is 0.701. The SMILES string of the molecule is C#CCOc1nnc(N)s1. The Morgan fingerprint density at radius 3 is 3.00 bits per heavy atom. The molecular weight excluding hydrogens is 150 g/mol. The van der Waals surface area contributed by atoms with E-state index >= 15 is 0 Å². The third kappa shape index (κ3) is 1.60. The van der Waals surface area contributed by atoms with Gasteiger partial charge >= 0.3 is 0 Å². The smallest absolute Gasteiger partial charge is 0.296 e. The molecule has 0 fully saturated rings. The molecule has 0 aliphatic heterocycles. The molecule has 0 spiro atoms. The Morgan fingerprint density at radius 1 is 1.70 bits per heavy atom. The molecule has 0 saturated carbocycles. The third-order valence-corrected chi connectivity index (χ3v) is 1.37. The molecule has 0 aliphatic carbocycles. The van der Waals surface area contributed by atoms with E-state index in [0.717, 1.165) is 0 Å². The number of nitrogen functional groups attached to an aromatic ring is 1. The summed E-state index contributed by atoms with van der Waals surface area (Å²) < 4.78 is 4.90. The molecule has 4 nitrogen and oxygen atoms in total. The number of nitrogens with zero attached hydrogens (tertiary/aromatic N) is 2. The zero-order valence-corrected chi connectivity index (χ0v) is 5.89. The molecule has 0 unspecified atom stereocenters. The van der Waals surface area contributed by atoms with Crippen molar-refractivity contribution in [2.24, 2.45) is 0 Å². The highest BCUT2D eigenvalue weighted by atomic mass is 32.1. The van der Waals surface area contributed by atoms with Crippen LogP contribution in [0.2, 0.25) is 0 Å². The summed E-state index contributed by atoms with van der Waals surface area (Å²) in [4.78, 5) is 0. The van der Waals surface area contributed by atoms with Crippen LogP contribution in [-0.4, -0.2) is 16.8 Å². The summed E-state index contributed by atoms with van der Waals surface area (Å²) in [5, 5.41) is 7.90. The van der Waals surface area contributed by atoms with Crippen LogP contribution in [0.3, 0.4) is 0 Å². The lowest BCUT2D eigenvalue weighted by molar-refractivity contribution is 0.364. The molecule has 0 saturated heterocycles. The Bertz CT molecular complexity index is 252. The highest BCUT2D eigenvalue weighted by Crippen LogP contribution is 2.18. The van der Waals surface area contributed by atoms with Crippen molar-refractivity contribution in [1.82, 2.24) is 10.2 Å². The van der Waals surface area contributed by atoms with Crippen LogP contribution in [0.5, 0.6) is 5.19 Å². The Labute approximate surface area is 62.0 Å². The number of ether oxygens (including phenoxy) is 1. The number of aromatic nitrogens is 2. The van der Waals surface area contributed by atoms with Gasteiger partial charge < -0.3 is 10.5 Å². The molecule has 1 rings (SSSR count). The first-order valence-electron chi connectivity index (χ1n) is 2.48. The van der Waals surface area contributed by atoms with E-state index in [0.29, 0.717) is 10.3 Å². The summed E-state index contributed by atoms with van der Waals surface area (Å²) in [5.74, 6) is 2.30. The van der Waals surface area contributed by atoms with Crippen molar-refractivity contribution in [2.45, 2.75) is 0 Å². The molecule has 1 heterocycles. The number of hydrogen-bond donors (Lipinski definition) is 1. The summed E-state index contributed by atoms with van der Waals surface area (Å²) in [7, 11) is 0. The van der Waals surface area contributed by atoms with Gasteiger partial charge in [0, 0.05) is 0 Å². The van der Waals surface area contributed by atoms with Crippen molar-refractivity contribution in [3.05, 3.63) is 0 Å². The van der Waals surface area contributed by atoms with E-state index in [2.05, 4.69) is 16.1 Å². The molecule has 1 aromatic heterocycles. The number of terminal acetylenes is 1.